The van der Waals surface area contributed by atoms with Crippen LogP contribution in [0.25, 0.3) is 0 Å². The van der Waals surface area contributed by atoms with Gasteiger partial charge < -0.3 is 4.90 Å². The van der Waals surface area contributed by atoms with Crippen molar-refractivity contribution in [1.82, 2.24) is 0 Å². The second kappa shape index (κ2) is 4.63. The molecule has 0 fully saturated rings. The molecule has 1 amide bonds. The number of carbonyl (C=O) groups is 2. The average molecular weight is 271 g/mol. The maximum Gasteiger partial charge on any atom is 0.268 e. The van der Waals surface area contributed by atoms with Gasteiger partial charge >= 0.3 is 0 Å². The molecule has 96 valence electrons. The highest BCUT2D eigenvalue weighted by atomic mass is 32.1. The number of ketones is 1. The Kier molecular flexibility index (Phi) is 2.95. The zero-order valence-corrected chi connectivity index (χ0v) is 11.4. The van der Waals surface area contributed by atoms with Crippen LogP contribution in [0.15, 0.2) is 35.7 Å². The van der Waals surface area contributed by atoms with Crippen molar-refractivity contribution >= 4 is 28.7 Å². The fourth-order valence-corrected chi connectivity index (χ4v) is 3.04. The summed E-state index contributed by atoms with van der Waals surface area (Å²) >= 11 is 1.46. The minimum atomic E-state index is 0.0457. The number of Topliss-reactive ketones (excluding diaryl/α,β-unsaturated/α-hetero) is 1. The van der Waals surface area contributed by atoms with E-state index in [1.165, 1.54) is 11.3 Å². The summed E-state index contributed by atoms with van der Waals surface area (Å²) in [6.07, 6.45) is 0.813. The summed E-state index contributed by atoms with van der Waals surface area (Å²) in [6.45, 7) is 2.25. The van der Waals surface area contributed by atoms with E-state index in [9.17, 15) is 9.59 Å². The lowest BCUT2D eigenvalue weighted by Gasteiger charge is -2.16. The molecule has 3 rings (SSSR count). The SMILES string of the molecule is CC(=O)c1ccc2c(c1)CCN2C(=O)c1cccs1. The Morgan fingerprint density at radius 1 is 1.26 bits per heavy atom. The van der Waals surface area contributed by atoms with Crippen LogP contribution in [0, 0.1) is 0 Å². The van der Waals surface area contributed by atoms with Crippen LogP contribution in [0.3, 0.4) is 0 Å². The number of hydrogen-bond donors (Lipinski definition) is 0. The second-order valence-corrected chi connectivity index (χ2v) is 5.53. The lowest BCUT2D eigenvalue weighted by molar-refractivity contribution is 0.0991. The summed E-state index contributed by atoms with van der Waals surface area (Å²) in [5.41, 5.74) is 2.73. The van der Waals surface area contributed by atoms with E-state index in [4.69, 9.17) is 0 Å². The zero-order chi connectivity index (χ0) is 13.4. The molecule has 0 radical (unpaired) electrons. The Hall–Kier alpha value is -1.94. The fraction of sp³-hybridized carbons (Fsp3) is 0.200. The van der Waals surface area contributed by atoms with Crippen molar-refractivity contribution in [1.29, 1.82) is 0 Å². The van der Waals surface area contributed by atoms with Gasteiger partial charge in [0.05, 0.1) is 4.88 Å². The molecule has 0 saturated heterocycles. The van der Waals surface area contributed by atoms with E-state index in [1.54, 1.807) is 17.9 Å². The molecule has 0 unspecified atom stereocenters. The van der Waals surface area contributed by atoms with Gasteiger partial charge in [-0.25, -0.2) is 0 Å². The molecule has 0 bridgehead atoms. The highest BCUT2D eigenvalue weighted by molar-refractivity contribution is 7.12. The average Bonchev–Trinajstić information content (AvgIpc) is 3.06. The molecule has 0 atom stereocenters. The van der Waals surface area contributed by atoms with Gasteiger partial charge in [0.25, 0.3) is 5.91 Å². The molecule has 1 aromatic heterocycles. The fourth-order valence-electron chi connectivity index (χ4n) is 2.36. The predicted octanol–water partition coefficient (Wildman–Crippen LogP) is 3.15. The first-order chi connectivity index (χ1) is 9.16. The third-order valence-corrected chi connectivity index (χ3v) is 4.22. The monoisotopic (exact) mass is 271 g/mol. The van der Waals surface area contributed by atoms with Crippen molar-refractivity contribution in [3.63, 3.8) is 0 Å². The molecule has 3 nitrogen and oxygen atoms in total. The largest absolute Gasteiger partial charge is 0.307 e. The van der Waals surface area contributed by atoms with Crippen LogP contribution in [-0.4, -0.2) is 18.2 Å². The maximum absolute atomic E-state index is 12.4. The molecule has 0 aliphatic carbocycles. The molecule has 4 heteroatoms. The molecule has 0 spiro atoms. The van der Waals surface area contributed by atoms with Crippen LogP contribution < -0.4 is 4.90 Å². The summed E-state index contributed by atoms with van der Waals surface area (Å²) in [5, 5.41) is 1.91. The quantitative estimate of drug-likeness (QED) is 0.787. The summed E-state index contributed by atoms with van der Waals surface area (Å²) in [7, 11) is 0. The van der Waals surface area contributed by atoms with E-state index in [0.717, 1.165) is 22.5 Å². The van der Waals surface area contributed by atoms with Gasteiger partial charge in [-0.2, -0.15) is 0 Å². The minimum absolute atomic E-state index is 0.0457. The topological polar surface area (TPSA) is 37.4 Å². The van der Waals surface area contributed by atoms with Gasteiger partial charge in [-0.15, -0.1) is 11.3 Å². The Labute approximate surface area is 115 Å². The van der Waals surface area contributed by atoms with E-state index in [1.807, 2.05) is 29.6 Å². The summed E-state index contributed by atoms with van der Waals surface area (Å²) < 4.78 is 0. The van der Waals surface area contributed by atoms with Crippen LogP contribution >= 0.6 is 11.3 Å². The number of hydrogen-bond acceptors (Lipinski definition) is 3. The van der Waals surface area contributed by atoms with E-state index >= 15 is 0 Å². The third kappa shape index (κ3) is 2.08. The van der Waals surface area contributed by atoms with E-state index in [0.29, 0.717) is 12.1 Å². The maximum atomic E-state index is 12.4. The number of fused-ring (bicyclic) bond motifs is 1. The van der Waals surface area contributed by atoms with Gasteiger partial charge in [0, 0.05) is 17.8 Å². The van der Waals surface area contributed by atoms with Crippen LogP contribution in [0.1, 0.15) is 32.5 Å². The van der Waals surface area contributed by atoms with Crippen molar-refractivity contribution in [2.45, 2.75) is 13.3 Å². The first-order valence-corrected chi connectivity index (χ1v) is 7.04. The van der Waals surface area contributed by atoms with Gasteiger partial charge in [-0.05, 0) is 48.6 Å². The Bertz CT molecular complexity index is 646. The molecule has 1 aromatic carbocycles. The molecular weight excluding hydrogens is 258 g/mol. The number of rotatable bonds is 2. The van der Waals surface area contributed by atoms with Gasteiger partial charge in [0.1, 0.15) is 0 Å². The summed E-state index contributed by atoms with van der Waals surface area (Å²) in [5.74, 6) is 0.107. The molecule has 0 saturated carbocycles. The van der Waals surface area contributed by atoms with Crippen molar-refractivity contribution in [2.24, 2.45) is 0 Å². The lowest BCUT2D eigenvalue weighted by Crippen LogP contribution is -2.28. The molecule has 2 heterocycles. The van der Waals surface area contributed by atoms with Crippen LogP contribution in [0.2, 0.25) is 0 Å². The smallest absolute Gasteiger partial charge is 0.268 e. The predicted molar refractivity (Wildman–Crippen MR) is 76.1 cm³/mol. The van der Waals surface area contributed by atoms with Crippen molar-refractivity contribution in [3.8, 4) is 0 Å². The van der Waals surface area contributed by atoms with Crippen LogP contribution in [0.5, 0.6) is 0 Å². The van der Waals surface area contributed by atoms with E-state index in [-0.39, 0.29) is 11.7 Å². The second-order valence-electron chi connectivity index (χ2n) is 4.58. The van der Waals surface area contributed by atoms with Gasteiger partial charge in [-0.1, -0.05) is 6.07 Å². The first kappa shape index (κ1) is 12.1. The Balaban J connectivity index is 1.94. The molecule has 0 N–H and O–H groups in total. The molecular formula is C15H13NO2S. The minimum Gasteiger partial charge on any atom is -0.307 e. The van der Waals surface area contributed by atoms with Crippen molar-refractivity contribution in [3.05, 3.63) is 51.7 Å². The highest BCUT2D eigenvalue weighted by Gasteiger charge is 2.26. The molecule has 1 aliphatic heterocycles. The third-order valence-electron chi connectivity index (χ3n) is 3.36. The number of nitrogens with zero attached hydrogens (tertiary/aromatic N) is 1. The first-order valence-electron chi connectivity index (χ1n) is 6.16. The number of anilines is 1. The lowest BCUT2D eigenvalue weighted by atomic mass is 10.1. The van der Waals surface area contributed by atoms with E-state index in [2.05, 4.69) is 0 Å². The normalized spacial score (nSPS) is 13.4. The Morgan fingerprint density at radius 2 is 2.11 bits per heavy atom. The van der Waals surface area contributed by atoms with Crippen molar-refractivity contribution < 1.29 is 9.59 Å². The highest BCUT2D eigenvalue weighted by Crippen LogP contribution is 2.30. The molecule has 19 heavy (non-hydrogen) atoms. The molecule has 2 aromatic rings. The Morgan fingerprint density at radius 3 is 2.79 bits per heavy atom. The van der Waals surface area contributed by atoms with E-state index < -0.39 is 0 Å². The summed E-state index contributed by atoms with van der Waals surface area (Å²) in [6, 6.07) is 9.30. The number of amides is 1. The number of thiophene rings is 1. The standard InChI is InChI=1S/C15H13NO2S/c1-10(17)11-4-5-13-12(9-11)6-7-16(13)15(18)14-3-2-8-19-14/h2-5,8-9H,6-7H2,1H3. The van der Waals surface area contributed by atoms with Crippen LogP contribution in [-0.2, 0) is 6.42 Å². The number of carbonyl (C=O) groups excluding carboxylic acids is 2. The number of benzene rings is 1. The van der Waals surface area contributed by atoms with Crippen molar-refractivity contribution in [2.75, 3.05) is 11.4 Å². The van der Waals surface area contributed by atoms with Crippen LogP contribution in [0.4, 0.5) is 5.69 Å². The summed E-state index contributed by atoms with van der Waals surface area (Å²) in [4.78, 5) is 26.3. The zero-order valence-electron chi connectivity index (χ0n) is 10.6. The molecule has 1 aliphatic rings. The van der Waals surface area contributed by atoms with Gasteiger partial charge in [0.15, 0.2) is 5.78 Å². The van der Waals surface area contributed by atoms with Gasteiger partial charge in [0.2, 0.25) is 0 Å². The van der Waals surface area contributed by atoms with Gasteiger partial charge in [-0.3, -0.25) is 9.59 Å².